The van der Waals surface area contributed by atoms with E-state index in [4.69, 9.17) is 9.72 Å². The highest BCUT2D eigenvalue weighted by atomic mass is 32.1. The molecule has 3 aromatic heterocycles. The lowest BCUT2D eigenvalue weighted by atomic mass is 10.1. The number of thiophene rings is 1. The average molecular weight is 471 g/mol. The van der Waals surface area contributed by atoms with Crippen molar-refractivity contribution in [3.8, 4) is 11.3 Å². The summed E-state index contributed by atoms with van der Waals surface area (Å²) in [6, 6.07) is 4.10. The zero-order valence-corrected chi connectivity index (χ0v) is 21.7. The Labute approximate surface area is 199 Å². The molecule has 0 unspecified atom stereocenters. The Balaban J connectivity index is 1.90. The normalized spacial score (nSPS) is 11.9. The Kier molecular flexibility index (Phi) is 7.26. The molecule has 1 amide bonds. The van der Waals surface area contributed by atoms with Crippen molar-refractivity contribution in [2.75, 3.05) is 13.6 Å². The summed E-state index contributed by atoms with van der Waals surface area (Å²) in [5, 5.41) is 5.24. The number of esters is 1. The van der Waals surface area contributed by atoms with E-state index in [-0.39, 0.29) is 24.3 Å². The third-order valence-corrected chi connectivity index (χ3v) is 6.21. The Morgan fingerprint density at radius 2 is 1.91 bits per heavy atom. The summed E-state index contributed by atoms with van der Waals surface area (Å²) in [4.78, 5) is 34.4. The van der Waals surface area contributed by atoms with Gasteiger partial charge >= 0.3 is 5.97 Å². The summed E-state index contributed by atoms with van der Waals surface area (Å²) in [6.07, 6.45) is 2.52. The number of hydrogen-bond donors (Lipinski definition) is 0. The second-order valence-corrected chi connectivity index (χ2v) is 11.2. The Bertz CT molecular complexity index is 1170. The molecule has 0 spiro atoms. The number of nitrogens with zero attached hydrogens (tertiary/aromatic N) is 4. The highest BCUT2D eigenvalue weighted by Crippen LogP contribution is 2.33. The number of carbonyl (C=O) groups is 2. The second-order valence-electron chi connectivity index (χ2n) is 9.72. The van der Waals surface area contributed by atoms with Gasteiger partial charge in [0.1, 0.15) is 5.60 Å². The van der Waals surface area contributed by atoms with E-state index in [0.29, 0.717) is 24.2 Å². The van der Waals surface area contributed by atoms with Gasteiger partial charge in [-0.25, -0.2) is 9.67 Å². The summed E-state index contributed by atoms with van der Waals surface area (Å²) < 4.78 is 7.22. The summed E-state index contributed by atoms with van der Waals surface area (Å²) in [6.45, 7) is 14.2. The first-order chi connectivity index (χ1) is 15.4. The molecule has 3 aromatic rings. The molecule has 0 bridgehead atoms. The first-order valence-corrected chi connectivity index (χ1v) is 12.1. The van der Waals surface area contributed by atoms with E-state index in [0.717, 1.165) is 16.6 Å². The van der Waals surface area contributed by atoms with Crippen LogP contribution in [0.4, 0.5) is 0 Å². The van der Waals surface area contributed by atoms with Gasteiger partial charge in [0.2, 0.25) is 0 Å². The lowest BCUT2D eigenvalue weighted by Crippen LogP contribution is -2.29. The van der Waals surface area contributed by atoms with Gasteiger partial charge in [0.25, 0.3) is 5.91 Å². The molecule has 3 rings (SSSR count). The van der Waals surface area contributed by atoms with Crippen LogP contribution in [-0.4, -0.2) is 50.7 Å². The molecule has 178 valence electrons. The molecule has 7 nitrogen and oxygen atoms in total. The minimum Gasteiger partial charge on any atom is -0.460 e. The van der Waals surface area contributed by atoms with Gasteiger partial charge in [0.15, 0.2) is 5.65 Å². The van der Waals surface area contributed by atoms with Crippen molar-refractivity contribution in [3.05, 3.63) is 33.6 Å². The third-order valence-electron chi connectivity index (χ3n) is 5.24. The smallest absolute Gasteiger partial charge is 0.306 e. The van der Waals surface area contributed by atoms with Crippen LogP contribution in [0.1, 0.15) is 73.6 Å². The lowest BCUT2D eigenvalue weighted by Gasteiger charge is -2.21. The summed E-state index contributed by atoms with van der Waals surface area (Å²) >= 11 is 1.72. The largest absolute Gasteiger partial charge is 0.460 e. The SMILES string of the molecule is Cc1cc(-c2cc(C(=O)N(C)CCCC(=O)OC(C)(C)C)c3cnn(C(C)C)c3n2)c(C)s1. The molecule has 8 heteroatoms. The number of rotatable bonds is 7. The highest BCUT2D eigenvalue weighted by Gasteiger charge is 2.22. The number of carbonyl (C=O) groups excluding carboxylic acids is 2. The van der Waals surface area contributed by atoms with Gasteiger partial charge in [-0.3, -0.25) is 9.59 Å². The monoisotopic (exact) mass is 470 g/mol. The molecular formula is C25H34N4O3S. The van der Waals surface area contributed by atoms with Crippen LogP contribution in [0.25, 0.3) is 22.3 Å². The van der Waals surface area contributed by atoms with Crippen LogP contribution < -0.4 is 0 Å². The molecule has 33 heavy (non-hydrogen) atoms. The Morgan fingerprint density at radius 3 is 2.48 bits per heavy atom. The number of aromatic nitrogens is 3. The predicted molar refractivity (Wildman–Crippen MR) is 133 cm³/mol. The van der Waals surface area contributed by atoms with Gasteiger partial charge in [0.05, 0.1) is 22.8 Å². The quantitative estimate of drug-likeness (QED) is 0.423. The topological polar surface area (TPSA) is 77.3 Å². The van der Waals surface area contributed by atoms with E-state index < -0.39 is 5.60 Å². The highest BCUT2D eigenvalue weighted by molar-refractivity contribution is 7.12. The zero-order chi connectivity index (χ0) is 24.5. The molecule has 0 aliphatic heterocycles. The lowest BCUT2D eigenvalue weighted by molar-refractivity contribution is -0.154. The molecule has 0 radical (unpaired) electrons. The van der Waals surface area contributed by atoms with Gasteiger partial charge in [-0.1, -0.05) is 0 Å². The number of pyridine rings is 1. The minimum atomic E-state index is -0.507. The van der Waals surface area contributed by atoms with Crippen molar-refractivity contribution in [3.63, 3.8) is 0 Å². The Morgan fingerprint density at radius 1 is 1.21 bits per heavy atom. The molecule has 0 aromatic carbocycles. The van der Waals surface area contributed by atoms with Crippen molar-refractivity contribution in [2.45, 2.75) is 73.0 Å². The van der Waals surface area contributed by atoms with E-state index in [9.17, 15) is 9.59 Å². The number of hydrogen-bond acceptors (Lipinski definition) is 6. The summed E-state index contributed by atoms with van der Waals surface area (Å²) in [5.74, 6) is -0.362. The molecule has 0 fully saturated rings. The van der Waals surface area contributed by atoms with Crippen molar-refractivity contribution in [1.29, 1.82) is 0 Å². The van der Waals surface area contributed by atoms with Gasteiger partial charge in [-0.05, 0) is 67.0 Å². The minimum absolute atomic E-state index is 0.110. The van der Waals surface area contributed by atoms with Crippen LogP contribution in [0, 0.1) is 13.8 Å². The maximum atomic E-state index is 13.5. The van der Waals surface area contributed by atoms with Gasteiger partial charge in [-0.15, -0.1) is 11.3 Å². The Hall–Kier alpha value is -2.74. The van der Waals surface area contributed by atoms with Crippen LogP contribution in [0.2, 0.25) is 0 Å². The fourth-order valence-electron chi connectivity index (χ4n) is 3.76. The molecular weight excluding hydrogens is 436 g/mol. The molecule has 0 N–H and O–H groups in total. The standard InChI is InChI=1S/C25H34N4O3S/c1-15(2)29-23-20(14-26-29)19(13-21(27-23)18-12-16(3)33-17(18)4)24(31)28(8)11-9-10-22(30)32-25(5,6)7/h12-15H,9-11H2,1-8H3. The maximum absolute atomic E-state index is 13.5. The number of ether oxygens (including phenoxy) is 1. The summed E-state index contributed by atoms with van der Waals surface area (Å²) in [5.41, 5.74) is 2.59. The van der Waals surface area contributed by atoms with E-state index >= 15 is 0 Å². The van der Waals surface area contributed by atoms with Crippen molar-refractivity contribution >= 4 is 34.2 Å². The fourth-order valence-corrected chi connectivity index (χ4v) is 4.69. The van der Waals surface area contributed by atoms with Crippen molar-refractivity contribution in [2.24, 2.45) is 0 Å². The first-order valence-electron chi connectivity index (χ1n) is 11.3. The zero-order valence-electron chi connectivity index (χ0n) is 20.9. The molecule has 0 saturated heterocycles. The number of amides is 1. The predicted octanol–water partition coefficient (Wildman–Crippen LogP) is 5.55. The maximum Gasteiger partial charge on any atom is 0.306 e. The van der Waals surface area contributed by atoms with E-state index in [1.165, 1.54) is 9.75 Å². The number of aryl methyl sites for hydroxylation is 2. The van der Waals surface area contributed by atoms with E-state index in [1.54, 1.807) is 29.5 Å². The van der Waals surface area contributed by atoms with Crippen LogP contribution in [-0.2, 0) is 9.53 Å². The molecule has 0 atom stereocenters. The van der Waals surface area contributed by atoms with Crippen LogP contribution >= 0.6 is 11.3 Å². The first kappa shape index (κ1) is 24.9. The van der Waals surface area contributed by atoms with Crippen LogP contribution in [0.3, 0.4) is 0 Å². The molecule has 0 aliphatic rings. The van der Waals surface area contributed by atoms with E-state index in [1.807, 2.05) is 45.4 Å². The third kappa shape index (κ3) is 5.79. The van der Waals surface area contributed by atoms with E-state index in [2.05, 4.69) is 25.0 Å². The van der Waals surface area contributed by atoms with Gasteiger partial charge < -0.3 is 9.64 Å². The summed E-state index contributed by atoms with van der Waals surface area (Å²) in [7, 11) is 1.76. The second kappa shape index (κ2) is 9.63. The molecule has 0 saturated carbocycles. The van der Waals surface area contributed by atoms with Crippen LogP contribution in [0.15, 0.2) is 18.3 Å². The average Bonchev–Trinajstić information content (AvgIpc) is 3.27. The molecule has 3 heterocycles. The van der Waals surface area contributed by atoms with Gasteiger partial charge in [-0.2, -0.15) is 5.10 Å². The van der Waals surface area contributed by atoms with Crippen molar-refractivity contribution in [1.82, 2.24) is 19.7 Å². The van der Waals surface area contributed by atoms with Crippen LogP contribution in [0.5, 0.6) is 0 Å². The molecule has 0 aliphatic carbocycles. The van der Waals surface area contributed by atoms with Crippen molar-refractivity contribution < 1.29 is 14.3 Å². The number of fused-ring (bicyclic) bond motifs is 1. The van der Waals surface area contributed by atoms with Gasteiger partial charge in [0, 0.05) is 41.4 Å². The fraction of sp³-hybridized carbons (Fsp3) is 0.520.